The first-order chi connectivity index (χ1) is 11.5. The molecule has 124 valence electrons. The third-order valence-corrected chi connectivity index (χ3v) is 3.78. The van der Waals surface area contributed by atoms with Gasteiger partial charge in [-0.1, -0.05) is 29.8 Å². The minimum Gasteiger partial charge on any atom is -0.303 e. The Bertz CT molecular complexity index is 1020. The Labute approximate surface area is 137 Å². The maximum Gasteiger partial charge on any atom is 0.329 e. The molecule has 0 saturated heterocycles. The van der Waals surface area contributed by atoms with Crippen molar-refractivity contribution >= 4 is 23.3 Å². The minimum atomic E-state index is -0.497. The highest BCUT2D eigenvalue weighted by molar-refractivity contribution is 5.80. The molecule has 2 heterocycles. The van der Waals surface area contributed by atoms with E-state index in [9.17, 15) is 9.59 Å². The van der Waals surface area contributed by atoms with Crippen molar-refractivity contribution in [3.63, 3.8) is 0 Å². The molecule has 0 aliphatic rings. The van der Waals surface area contributed by atoms with Crippen LogP contribution in [0.4, 0.5) is 5.95 Å². The Balaban J connectivity index is 1.99. The highest BCUT2D eigenvalue weighted by Crippen LogP contribution is 2.14. The van der Waals surface area contributed by atoms with Crippen molar-refractivity contribution < 1.29 is 0 Å². The number of benzene rings is 1. The van der Waals surface area contributed by atoms with Gasteiger partial charge in [0.05, 0.1) is 6.21 Å². The molecule has 0 fully saturated rings. The van der Waals surface area contributed by atoms with Crippen molar-refractivity contribution in [1.82, 2.24) is 19.1 Å². The number of nitrogens with one attached hydrogen (secondary N) is 2. The normalized spacial score (nSPS) is 11.5. The highest BCUT2D eigenvalue weighted by Gasteiger charge is 2.15. The summed E-state index contributed by atoms with van der Waals surface area (Å²) in [7, 11) is 1.56. The third-order valence-electron chi connectivity index (χ3n) is 3.78. The van der Waals surface area contributed by atoms with Crippen LogP contribution in [0, 0.1) is 6.92 Å². The van der Waals surface area contributed by atoms with E-state index in [0.717, 1.165) is 5.56 Å². The van der Waals surface area contributed by atoms with Gasteiger partial charge >= 0.3 is 5.69 Å². The molecule has 1 aromatic carbocycles. The van der Waals surface area contributed by atoms with E-state index in [1.807, 2.05) is 38.1 Å². The lowest BCUT2D eigenvalue weighted by atomic mass is 10.2. The van der Waals surface area contributed by atoms with Gasteiger partial charge in [-0.15, -0.1) is 0 Å². The molecule has 24 heavy (non-hydrogen) atoms. The summed E-state index contributed by atoms with van der Waals surface area (Å²) in [5.74, 6) is 0.405. The van der Waals surface area contributed by atoms with E-state index in [4.69, 9.17) is 0 Å². The standard InChI is InChI=1S/C16H18N6O2/c1-4-22-12-13(21(3)16(24)19-14(12)23)18-15(22)20-17-9-11-7-5-10(2)6-8-11/h5-9H,4H2,1-3H3,(H,18,20)(H,19,23,24)/b17-9-. The fourth-order valence-electron chi connectivity index (χ4n) is 2.44. The van der Waals surface area contributed by atoms with Crippen LogP contribution in [0.1, 0.15) is 18.1 Å². The van der Waals surface area contributed by atoms with Gasteiger partial charge in [-0.05, 0) is 19.4 Å². The summed E-state index contributed by atoms with van der Waals surface area (Å²) in [6.07, 6.45) is 1.67. The number of hydrogen-bond acceptors (Lipinski definition) is 5. The van der Waals surface area contributed by atoms with Gasteiger partial charge in [-0.25, -0.2) is 10.2 Å². The van der Waals surface area contributed by atoms with Crippen LogP contribution in [0.25, 0.3) is 11.2 Å². The number of nitrogens with zero attached hydrogens (tertiary/aromatic N) is 4. The van der Waals surface area contributed by atoms with Crippen molar-refractivity contribution in [3.8, 4) is 0 Å². The first kappa shape index (κ1) is 15.7. The maximum absolute atomic E-state index is 12.1. The monoisotopic (exact) mass is 326 g/mol. The molecule has 0 atom stereocenters. The van der Waals surface area contributed by atoms with Gasteiger partial charge < -0.3 is 4.57 Å². The van der Waals surface area contributed by atoms with E-state index in [0.29, 0.717) is 23.7 Å². The molecule has 0 saturated carbocycles. The zero-order valence-corrected chi connectivity index (χ0v) is 13.7. The van der Waals surface area contributed by atoms with E-state index in [-0.39, 0.29) is 0 Å². The number of anilines is 1. The lowest BCUT2D eigenvalue weighted by Crippen LogP contribution is -2.29. The van der Waals surface area contributed by atoms with Crippen LogP contribution in [0.3, 0.4) is 0 Å². The van der Waals surface area contributed by atoms with E-state index in [1.54, 1.807) is 17.8 Å². The number of aryl methyl sites for hydroxylation is 3. The van der Waals surface area contributed by atoms with Crippen molar-refractivity contribution in [2.45, 2.75) is 20.4 Å². The highest BCUT2D eigenvalue weighted by atomic mass is 16.2. The number of hydrogen-bond donors (Lipinski definition) is 2. The zero-order chi connectivity index (χ0) is 17.3. The van der Waals surface area contributed by atoms with Crippen LogP contribution in [0.2, 0.25) is 0 Å². The summed E-state index contributed by atoms with van der Waals surface area (Å²) in [5, 5.41) is 4.17. The van der Waals surface area contributed by atoms with E-state index in [2.05, 4.69) is 20.5 Å². The number of aromatic amines is 1. The van der Waals surface area contributed by atoms with Gasteiger partial charge in [-0.2, -0.15) is 10.1 Å². The van der Waals surface area contributed by atoms with Crippen LogP contribution in [0.5, 0.6) is 0 Å². The van der Waals surface area contributed by atoms with Gasteiger partial charge in [0.2, 0.25) is 5.95 Å². The maximum atomic E-state index is 12.1. The minimum absolute atomic E-state index is 0.318. The van der Waals surface area contributed by atoms with Crippen molar-refractivity contribution in [1.29, 1.82) is 0 Å². The van der Waals surface area contributed by atoms with Crippen molar-refractivity contribution in [2.24, 2.45) is 12.1 Å². The predicted octanol–water partition coefficient (Wildman–Crippen LogP) is 1.20. The molecule has 0 aliphatic heterocycles. The topological polar surface area (TPSA) is 97.1 Å². The molecule has 3 aromatic rings. The summed E-state index contributed by atoms with van der Waals surface area (Å²) in [6, 6.07) is 7.91. The average Bonchev–Trinajstić information content (AvgIpc) is 2.94. The Morgan fingerprint density at radius 1 is 1.29 bits per heavy atom. The number of imidazole rings is 1. The average molecular weight is 326 g/mol. The molecule has 0 bridgehead atoms. The molecule has 3 rings (SSSR count). The second-order valence-corrected chi connectivity index (χ2v) is 5.45. The summed E-state index contributed by atoms with van der Waals surface area (Å²) in [6.45, 7) is 4.42. The van der Waals surface area contributed by atoms with Gasteiger partial charge in [-0.3, -0.25) is 14.3 Å². The van der Waals surface area contributed by atoms with Crippen LogP contribution in [-0.4, -0.2) is 25.3 Å². The summed E-state index contributed by atoms with van der Waals surface area (Å²) < 4.78 is 2.98. The van der Waals surface area contributed by atoms with Crippen LogP contribution < -0.4 is 16.7 Å². The first-order valence-corrected chi connectivity index (χ1v) is 7.56. The number of hydrazone groups is 1. The number of H-pyrrole nitrogens is 1. The zero-order valence-electron chi connectivity index (χ0n) is 13.7. The lowest BCUT2D eigenvalue weighted by Gasteiger charge is -2.04. The molecule has 2 aromatic heterocycles. The Hall–Kier alpha value is -3.16. The second-order valence-electron chi connectivity index (χ2n) is 5.45. The molecule has 0 radical (unpaired) electrons. The molecule has 2 N–H and O–H groups in total. The van der Waals surface area contributed by atoms with Gasteiger partial charge in [0.15, 0.2) is 11.2 Å². The van der Waals surface area contributed by atoms with E-state index < -0.39 is 11.2 Å². The summed E-state index contributed by atoms with van der Waals surface area (Å²) >= 11 is 0. The molecule has 0 amide bonds. The van der Waals surface area contributed by atoms with Crippen LogP contribution in [0.15, 0.2) is 39.0 Å². The fourth-order valence-corrected chi connectivity index (χ4v) is 2.44. The molecule has 8 nitrogen and oxygen atoms in total. The van der Waals surface area contributed by atoms with E-state index >= 15 is 0 Å². The Morgan fingerprint density at radius 2 is 2.00 bits per heavy atom. The molecule has 8 heteroatoms. The summed E-state index contributed by atoms with van der Waals surface area (Å²) in [5.41, 5.74) is 4.66. The fraction of sp³-hybridized carbons (Fsp3) is 0.250. The summed E-state index contributed by atoms with van der Waals surface area (Å²) in [4.78, 5) is 30.4. The Morgan fingerprint density at radius 3 is 2.67 bits per heavy atom. The number of aromatic nitrogens is 4. The molecule has 0 spiro atoms. The Kier molecular flexibility index (Phi) is 4.03. The first-order valence-electron chi connectivity index (χ1n) is 7.56. The largest absolute Gasteiger partial charge is 0.329 e. The predicted molar refractivity (Wildman–Crippen MR) is 93.7 cm³/mol. The number of rotatable bonds is 4. The molecule has 0 unspecified atom stereocenters. The molecule has 0 aliphatic carbocycles. The number of fused-ring (bicyclic) bond motifs is 1. The SMILES string of the molecule is CCn1c(N/N=C\c2ccc(C)cc2)nc2c1c(=O)[nH]c(=O)n2C. The lowest BCUT2D eigenvalue weighted by molar-refractivity contribution is 0.781. The quantitative estimate of drug-likeness (QED) is 0.556. The van der Waals surface area contributed by atoms with Gasteiger partial charge in [0, 0.05) is 13.6 Å². The smallest absolute Gasteiger partial charge is 0.303 e. The van der Waals surface area contributed by atoms with Gasteiger partial charge in [0.25, 0.3) is 5.56 Å². The van der Waals surface area contributed by atoms with Crippen LogP contribution in [-0.2, 0) is 13.6 Å². The third kappa shape index (κ3) is 2.73. The van der Waals surface area contributed by atoms with E-state index in [1.165, 1.54) is 10.1 Å². The van der Waals surface area contributed by atoms with Crippen LogP contribution >= 0.6 is 0 Å². The molecular weight excluding hydrogens is 308 g/mol. The molecular formula is C16H18N6O2. The van der Waals surface area contributed by atoms with Gasteiger partial charge in [0.1, 0.15) is 0 Å². The van der Waals surface area contributed by atoms with Crippen molar-refractivity contribution in [3.05, 3.63) is 56.2 Å². The van der Waals surface area contributed by atoms with Crippen molar-refractivity contribution in [2.75, 3.05) is 5.43 Å². The second kappa shape index (κ2) is 6.15.